The summed E-state index contributed by atoms with van der Waals surface area (Å²) in [6.07, 6.45) is 1.46. The fraction of sp³-hybridized carbons (Fsp3) is 0.200. The molecule has 1 aromatic heterocycles. The van der Waals surface area contributed by atoms with Crippen LogP contribution in [0.3, 0.4) is 0 Å². The Hall–Kier alpha value is -2.32. The monoisotopic (exact) mass is 369 g/mol. The number of nitrogens with zero attached hydrogens (tertiary/aromatic N) is 2. The summed E-state index contributed by atoms with van der Waals surface area (Å²) in [5.74, 6) is 0.0153. The van der Waals surface area contributed by atoms with E-state index >= 15 is 0 Å². The zero-order chi connectivity index (χ0) is 17.9. The van der Waals surface area contributed by atoms with Crippen LogP contribution >= 0.6 is 11.6 Å². The van der Waals surface area contributed by atoms with Gasteiger partial charge < -0.3 is 10.1 Å². The second-order valence-electron chi connectivity index (χ2n) is 4.83. The molecule has 2 aromatic rings. The first-order valence-electron chi connectivity index (χ1n) is 6.82. The van der Waals surface area contributed by atoms with Gasteiger partial charge in [0, 0.05) is 26.2 Å². The maximum absolute atomic E-state index is 12.9. The van der Waals surface area contributed by atoms with E-state index in [1.54, 1.807) is 6.07 Å². The Morgan fingerprint density at radius 2 is 2.04 bits per heavy atom. The first kappa shape index (κ1) is 18.0. The fourth-order valence-electron chi connectivity index (χ4n) is 2.04. The Morgan fingerprint density at radius 1 is 1.33 bits per heavy atom. The predicted molar refractivity (Wildman–Crippen MR) is 92.1 cm³/mol. The van der Waals surface area contributed by atoms with Crippen LogP contribution < -0.4 is 14.4 Å². The van der Waals surface area contributed by atoms with Gasteiger partial charge >= 0.3 is 0 Å². The summed E-state index contributed by atoms with van der Waals surface area (Å²) in [5, 5.41) is 2.56. The number of hydrogen-bond acceptors (Lipinski definition) is 5. The average molecular weight is 370 g/mol. The largest absolute Gasteiger partial charge is 0.497 e. The minimum absolute atomic E-state index is 0.0539. The topological polar surface area (TPSA) is 88.6 Å². The maximum atomic E-state index is 12.9. The van der Waals surface area contributed by atoms with Crippen molar-refractivity contribution < 1.29 is 17.9 Å². The molecular weight excluding hydrogens is 354 g/mol. The van der Waals surface area contributed by atoms with Crippen molar-refractivity contribution in [2.24, 2.45) is 0 Å². The molecule has 0 spiro atoms. The molecule has 1 N–H and O–H groups in total. The number of carbonyl (C=O) groups excluding carboxylic acids is 1. The lowest BCUT2D eigenvalue weighted by atomic mass is 10.3. The lowest BCUT2D eigenvalue weighted by Crippen LogP contribution is -2.28. The summed E-state index contributed by atoms with van der Waals surface area (Å²) in [7, 11) is -1.17. The van der Waals surface area contributed by atoms with Gasteiger partial charge in [-0.15, -0.1) is 0 Å². The van der Waals surface area contributed by atoms with Crippen molar-refractivity contribution in [2.75, 3.05) is 23.8 Å². The number of aromatic nitrogens is 1. The van der Waals surface area contributed by atoms with Crippen LogP contribution in [-0.4, -0.2) is 33.5 Å². The van der Waals surface area contributed by atoms with Crippen LogP contribution in [0.4, 0.5) is 11.4 Å². The number of rotatable bonds is 5. The maximum Gasteiger partial charge on any atom is 0.266 e. The van der Waals surface area contributed by atoms with Crippen molar-refractivity contribution in [2.45, 2.75) is 11.8 Å². The number of sulfonamides is 1. The SMILES string of the molecule is COc1ccc(S(=O)(=O)N(C)c2cccnc2Cl)c(NC(C)=O)c1. The summed E-state index contributed by atoms with van der Waals surface area (Å²) in [5.41, 5.74) is 0.345. The van der Waals surface area contributed by atoms with Crippen LogP contribution in [0.1, 0.15) is 6.92 Å². The Morgan fingerprint density at radius 3 is 2.62 bits per heavy atom. The highest BCUT2D eigenvalue weighted by Crippen LogP contribution is 2.32. The standard InChI is InChI=1S/C15H16ClN3O4S/c1-10(20)18-12-9-11(23-3)6-7-14(12)24(21,22)19(2)13-5-4-8-17-15(13)16/h4-9H,1-3H3,(H,18,20). The summed E-state index contributed by atoms with van der Waals surface area (Å²) < 4.78 is 32.0. The van der Waals surface area contributed by atoms with Gasteiger partial charge in [0.05, 0.1) is 18.5 Å². The molecule has 9 heteroatoms. The molecule has 0 saturated carbocycles. The number of anilines is 2. The summed E-state index contributed by atoms with van der Waals surface area (Å²) in [4.78, 5) is 15.2. The number of pyridine rings is 1. The van der Waals surface area contributed by atoms with Gasteiger partial charge in [-0.3, -0.25) is 9.10 Å². The smallest absolute Gasteiger partial charge is 0.266 e. The Kier molecular flexibility index (Phi) is 5.30. The van der Waals surface area contributed by atoms with Crippen molar-refractivity contribution in [1.29, 1.82) is 0 Å². The second kappa shape index (κ2) is 7.06. The highest BCUT2D eigenvalue weighted by molar-refractivity contribution is 7.93. The van der Waals surface area contributed by atoms with Crippen LogP contribution in [-0.2, 0) is 14.8 Å². The van der Waals surface area contributed by atoms with Gasteiger partial charge in [-0.2, -0.15) is 0 Å². The van der Waals surface area contributed by atoms with E-state index in [-0.39, 0.29) is 21.4 Å². The lowest BCUT2D eigenvalue weighted by Gasteiger charge is -2.22. The van der Waals surface area contributed by atoms with Gasteiger partial charge in [0.25, 0.3) is 10.0 Å². The molecule has 1 aromatic carbocycles. The zero-order valence-electron chi connectivity index (χ0n) is 13.3. The van der Waals surface area contributed by atoms with Gasteiger partial charge in [-0.1, -0.05) is 11.6 Å². The van der Waals surface area contributed by atoms with Crippen molar-refractivity contribution in [3.63, 3.8) is 0 Å². The predicted octanol–water partition coefficient (Wildman–Crippen LogP) is 2.53. The van der Waals surface area contributed by atoms with E-state index in [9.17, 15) is 13.2 Å². The van der Waals surface area contributed by atoms with Crippen LogP contribution in [0.5, 0.6) is 5.75 Å². The molecule has 2 rings (SSSR count). The molecule has 7 nitrogen and oxygen atoms in total. The lowest BCUT2D eigenvalue weighted by molar-refractivity contribution is -0.114. The van der Waals surface area contributed by atoms with Crippen LogP contribution in [0.25, 0.3) is 0 Å². The number of nitrogens with one attached hydrogen (secondary N) is 1. The van der Waals surface area contributed by atoms with Gasteiger partial charge in [-0.05, 0) is 24.3 Å². The minimum Gasteiger partial charge on any atom is -0.497 e. The van der Waals surface area contributed by atoms with Crippen molar-refractivity contribution in [3.8, 4) is 5.75 Å². The molecule has 0 atom stereocenters. The van der Waals surface area contributed by atoms with Gasteiger partial charge in [0.2, 0.25) is 5.91 Å². The van der Waals surface area contributed by atoms with E-state index in [1.807, 2.05) is 0 Å². The molecule has 0 aliphatic rings. The second-order valence-corrected chi connectivity index (χ2v) is 7.12. The summed E-state index contributed by atoms with van der Waals surface area (Å²) in [6.45, 7) is 1.29. The van der Waals surface area contributed by atoms with Crippen molar-refractivity contribution >= 4 is 38.9 Å². The van der Waals surface area contributed by atoms with Gasteiger partial charge in [-0.25, -0.2) is 13.4 Å². The van der Waals surface area contributed by atoms with Crippen molar-refractivity contribution in [1.82, 2.24) is 4.98 Å². The number of ether oxygens (including phenoxy) is 1. The number of benzene rings is 1. The number of methoxy groups -OCH3 is 1. The minimum atomic E-state index is -3.98. The van der Waals surface area contributed by atoms with Gasteiger partial charge in [0.1, 0.15) is 10.6 Å². The average Bonchev–Trinajstić information content (AvgIpc) is 2.53. The molecule has 0 fully saturated rings. The number of hydrogen-bond donors (Lipinski definition) is 1. The quantitative estimate of drug-likeness (QED) is 0.818. The third kappa shape index (κ3) is 3.60. The van der Waals surface area contributed by atoms with E-state index in [4.69, 9.17) is 16.3 Å². The number of carbonyl (C=O) groups is 1. The third-order valence-electron chi connectivity index (χ3n) is 3.21. The van der Waals surface area contributed by atoms with E-state index in [1.165, 1.54) is 51.5 Å². The van der Waals surface area contributed by atoms with E-state index in [0.717, 1.165) is 4.31 Å². The van der Waals surface area contributed by atoms with Crippen LogP contribution in [0, 0.1) is 0 Å². The molecule has 0 saturated heterocycles. The molecule has 1 heterocycles. The summed E-state index contributed by atoms with van der Waals surface area (Å²) in [6, 6.07) is 7.41. The number of amides is 1. The summed E-state index contributed by atoms with van der Waals surface area (Å²) >= 11 is 5.98. The van der Waals surface area contributed by atoms with E-state index in [0.29, 0.717) is 5.75 Å². The highest BCUT2D eigenvalue weighted by Gasteiger charge is 2.27. The zero-order valence-corrected chi connectivity index (χ0v) is 14.9. The fourth-order valence-corrected chi connectivity index (χ4v) is 3.66. The molecule has 0 unspecified atom stereocenters. The third-order valence-corrected chi connectivity index (χ3v) is 5.34. The normalized spacial score (nSPS) is 11.0. The van der Waals surface area contributed by atoms with Crippen molar-refractivity contribution in [3.05, 3.63) is 41.7 Å². The Labute approximate surface area is 145 Å². The van der Waals surface area contributed by atoms with Gasteiger partial charge in [0.15, 0.2) is 5.15 Å². The van der Waals surface area contributed by atoms with E-state index in [2.05, 4.69) is 10.3 Å². The van der Waals surface area contributed by atoms with Crippen LogP contribution in [0.15, 0.2) is 41.4 Å². The Bertz CT molecular complexity index is 871. The Balaban J connectivity index is 2.56. The number of halogens is 1. The first-order chi connectivity index (χ1) is 11.3. The molecule has 128 valence electrons. The molecular formula is C15H16ClN3O4S. The highest BCUT2D eigenvalue weighted by atomic mass is 35.5. The molecule has 0 aliphatic carbocycles. The molecule has 0 aliphatic heterocycles. The molecule has 0 radical (unpaired) electrons. The van der Waals surface area contributed by atoms with Crippen LogP contribution in [0.2, 0.25) is 5.15 Å². The van der Waals surface area contributed by atoms with E-state index < -0.39 is 15.9 Å². The molecule has 1 amide bonds. The molecule has 0 bridgehead atoms. The molecule has 24 heavy (non-hydrogen) atoms. The first-order valence-corrected chi connectivity index (χ1v) is 8.64.